The Kier molecular flexibility index (Phi) is 5.43. The summed E-state index contributed by atoms with van der Waals surface area (Å²) in [7, 11) is 0. The van der Waals surface area contributed by atoms with Crippen LogP contribution >= 0.6 is 0 Å². The van der Waals surface area contributed by atoms with E-state index < -0.39 is 11.8 Å². The lowest BCUT2D eigenvalue weighted by Crippen LogP contribution is -2.44. The van der Waals surface area contributed by atoms with Crippen molar-refractivity contribution in [2.45, 2.75) is 6.92 Å². The number of benzene rings is 2. The zero-order valence-electron chi connectivity index (χ0n) is 16.3. The van der Waals surface area contributed by atoms with Gasteiger partial charge in [0.25, 0.3) is 11.8 Å². The largest absolute Gasteiger partial charge is 0.483 e. The molecule has 0 aliphatic heterocycles. The Morgan fingerprint density at radius 3 is 2.60 bits per heavy atom. The number of para-hydroxylation sites is 1. The lowest BCUT2D eigenvalue weighted by atomic mass is 10.1. The number of fused-ring (bicyclic) bond motifs is 1. The minimum Gasteiger partial charge on any atom is -0.483 e. The van der Waals surface area contributed by atoms with Crippen LogP contribution < -0.4 is 15.6 Å². The van der Waals surface area contributed by atoms with E-state index in [9.17, 15) is 9.59 Å². The first kappa shape index (κ1) is 19.2. The second kappa shape index (κ2) is 8.48. The number of amides is 2. The fourth-order valence-electron chi connectivity index (χ4n) is 3.01. The van der Waals surface area contributed by atoms with Crippen molar-refractivity contribution in [2.24, 2.45) is 0 Å². The number of hydrogen-bond donors (Lipinski definition) is 2. The summed E-state index contributed by atoms with van der Waals surface area (Å²) in [5.41, 5.74) is 8.50. The number of imidazole rings is 1. The highest BCUT2D eigenvalue weighted by atomic mass is 16.5. The number of pyridine rings is 1. The molecule has 2 amide bonds. The molecular weight excluding hydrogens is 380 g/mol. The van der Waals surface area contributed by atoms with E-state index in [-0.39, 0.29) is 12.3 Å². The molecule has 2 aromatic heterocycles. The van der Waals surface area contributed by atoms with Crippen molar-refractivity contribution < 1.29 is 14.3 Å². The first-order valence-corrected chi connectivity index (χ1v) is 9.42. The molecule has 0 saturated carbocycles. The number of rotatable bonds is 5. The van der Waals surface area contributed by atoms with Gasteiger partial charge in [-0.2, -0.15) is 0 Å². The van der Waals surface area contributed by atoms with E-state index in [1.807, 2.05) is 73.8 Å². The molecule has 7 heteroatoms. The molecule has 0 fully saturated rings. The summed E-state index contributed by atoms with van der Waals surface area (Å²) in [5.74, 6) is -0.402. The van der Waals surface area contributed by atoms with E-state index in [1.165, 1.54) is 0 Å². The number of nitrogens with one attached hydrogen (secondary N) is 2. The topological polar surface area (TPSA) is 84.7 Å². The van der Waals surface area contributed by atoms with Crippen LogP contribution in [0.2, 0.25) is 0 Å². The number of carbonyl (C=O) groups is 2. The Labute approximate surface area is 173 Å². The standard InChI is InChI=1S/C23H20N4O3/c1-16-11-12-27-14-19(24-21(27)13-16)23(29)26-25-22(28)15-30-20-10-6-5-9-18(20)17-7-3-2-4-8-17/h2-14H,15H2,1H3,(H,25,28)(H,26,29). The van der Waals surface area contributed by atoms with Crippen LogP contribution in [0.15, 0.2) is 79.1 Å². The quantitative estimate of drug-likeness (QED) is 0.504. The highest BCUT2D eigenvalue weighted by molar-refractivity contribution is 5.94. The third kappa shape index (κ3) is 4.30. The fourth-order valence-corrected chi connectivity index (χ4v) is 3.01. The van der Waals surface area contributed by atoms with Crippen LogP contribution in [0.5, 0.6) is 5.75 Å². The Hall–Kier alpha value is -4.13. The first-order valence-electron chi connectivity index (χ1n) is 9.42. The Bertz CT molecular complexity index is 1200. The van der Waals surface area contributed by atoms with Gasteiger partial charge in [-0.15, -0.1) is 0 Å². The molecule has 30 heavy (non-hydrogen) atoms. The molecule has 2 aromatic carbocycles. The minimum absolute atomic E-state index is 0.205. The molecule has 0 radical (unpaired) electrons. The molecular formula is C23H20N4O3. The van der Waals surface area contributed by atoms with Gasteiger partial charge < -0.3 is 9.14 Å². The number of nitrogens with zero attached hydrogens (tertiary/aromatic N) is 2. The van der Waals surface area contributed by atoms with Gasteiger partial charge in [-0.25, -0.2) is 4.98 Å². The van der Waals surface area contributed by atoms with Gasteiger partial charge >= 0.3 is 0 Å². The van der Waals surface area contributed by atoms with Crippen molar-refractivity contribution in [1.29, 1.82) is 0 Å². The number of hydrazine groups is 1. The molecule has 4 rings (SSSR count). The van der Waals surface area contributed by atoms with Crippen LogP contribution in [0.3, 0.4) is 0 Å². The van der Waals surface area contributed by atoms with Gasteiger partial charge in [0.05, 0.1) is 0 Å². The average Bonchev–Trinajstić information content (AvgIpc) is 3.20. The van der Waals surface area contributed by atoms with Crippen molar-refractivity contribution >= 4 is 17.5 Å². The predicted octanol–water partition coefficient (Wildman–Crippen LogP) is 3.15. The van der Waals surface area contributed by atoms with Gasteiger partial charge in [0, 0.05) is 18.0 Å². The lowest BCUT2D eigenvalue weighted by molar-refractivity contribution is -0.123. The summed E-state index contributed by atoms with van der Waals surface area (Å²) in [6.45, 7) is 1.71. The highest BCUT2D eigenvalue weighted by Gasteiger charge is 2.13. The molecule has 7 nitrogen and oxygen atoms in total. The summed E-state index contributed by atoms with van der Waals surface area (Å²) in [6, 6.07) is 21.0. The van der Waals surface area contributed by atoms with E-state index >= 15 is 0 Å². The van der Waals surface area contributed by atoms with Crippen LogP contribution in [0, 0.1) is 6.92 Å². The van der Waals surface area contributed by atoms with Gasteiger partial charge in [0.1, 0.15) is 17.1 Å². The maximum Gasteiger partial charge on any atom is 0.289 e. The summed E-state index contributed by atoms with van der Waals surface area (Å²) < 4.78 is 7.41. The number of carbonyl (C=O) groups excluding carboxylic acids is 2. The summed E-state index contributed by atoms with van der Waals surface area (Å²) in [5, 5.41) is 0. The monoisotopic (exact) mass is 400 g/mol. The second-order valence-electron chi connectivity index (χ2n) is 6.75. The van der Waals surface area contributed by atoms with Gasteiger partial charge in [-0.3, -0.25) is 20.4 Å². The number of hydrogen-bond acceptors (Lipinski definition) is 4. The van der Waals surface area contributed by atoms with Gasteiger partial charge in [0.15, 0.2) is 6.61 Å². The number of aromatic nitrogens is 2. The van der Waals surface area contributed by atoms with Crippen LogP contribution in [-0.2, 0) is 4.79 Å². The van der Waals surface area contributed by atoms with Crippen molar-refractivity contribution in [2.75, 3.05) is 6.61 Å². The molecule has 0 aliphatic rings. The average molecular weight is 400 g/mol. The molecule has 2 heterocycles. The molecule has 0 aliphatic carbocycles. The first-order chi connectivity index (χ1) is 14.6. The zero-order chi connectivity index (χ0) is 20.9. The molecule has 0 saturated heterocycles. The normalized spacial score (nSPS) is 10.6. The van der Waals surface area contributed by atoms with Gasteiger partial charge in [0.2, 0.25) is 0 Å². The molecule has 4 aromatic rings. The van der Waals surface area contributed by atoms with Crippen LogP contribution in [0.4, 0.5) is 0 Å². The number of ether oxygens (including phenoxy) is 1. The predicted molar refractivity (Wildman–Crippen MR) is 113 cm³/mol. The van der Waals surface area contributed by atoms with Gasteiger partial charge in [-0.1, -0.05) is 48.5 Å². The summed E-state index contributed by atoms with van der Waals surface area (Å²) in [4.78, 5) is 28.7. The van der Waals surface area contributed by atoms with Crippen molar-refractivity contribution in [3.05, 3.63) is 90.4 Å². The third-order valence-corrected chi connectivity index (χ3v) is 4.49. The smallest absolute Gasteiger partial charge is 0.289 e. The second-order valence-corrected chi connectivity index (χ2v) is 6.75. The molecule has 0 unspecified atom stereocenters. The van der Waals surface area contributed by atoms with Crippen LogP contribution in [0.25, 0.3) is 16.8 Å². The van der Waals surface area contributed by atoms with Crippen molar-refractivity contribution in [1.82, 2.24) is 20.2 Å². The lowest BCUT2D eigenvalue weighted by Gasteiger charge is -2.12. The SMILES string of the molecule is Cc1ccn2cc(C(=O)NNC(=O)COc3ccccc3-c3ccccc3)nc2c1. The Morgan fingerprint density at radius 2 is 1.77 bits per heavy atom. The van der Waals surface area contributed by atoms with Crippen LogP contribution in [-0.4, -0.2) is 27.8 Å². The maximum absolute atomic E-state index is 12.3. The van der Waals surface area contributed by atoms with E-state index in [2.05, 4.69) is 15.8 Å². The molecule has 0 bridgehead atoms. The highest BCUT2D eigenvalue weighted by Crippen LogP contribution is 2.29. The van der Waals surface area contributed by atoms with Crippen LogP contribution in [0.1, 0.15) is 16.1 Å². The van der Waals surface area contributed by atoms with E-state index in [4.69, 9.17) is 4.74 Å². The molecule has 2 N–H and O–H groups in total. The van der Waals surface area contributed by atoms with Crippen molar-refractivity contribution in [3.8, 4) is 16.9 Å². The Morgan fingerprint density at radius 1 is 1.00 bits per heavy atom. The maximum atomic E-state index is 12.3. The van der Waals surface area contributed by atoms with E-state index in [0.29, 0.717) is 11.4 Å². The minimum atomic E-state index is -0.505. The number of aryl methyl sites for hydroxylation is 1. The summed E-state index contributed by atoms with van der Waals surface area (Å²) in [6.07, 6.45) is 3.42. The third-order valence-electron chi connectivity index (χ3n) is 4.49. The molecule has 150 valence electrons. The van der Waals surface area contributed by atoms with Gasteiger partial charge in [-0.05, 0) is 36.2 Å². The molecule has 0 spiro atoms. The summed E-state index contributed by atoms with van der Waals surface area (Å²) >= 11 is 0. The fraction of sp³-hybridized carbons (Fsp3) is 0.0870. The van der Waals surface area contributed by atoms with E-state index in [0.717, 1.165) is 16.7 Å². The Balaban J connectivity index is 1.35. The molecule has 0 atom stereocenters. The zero-order valence-corrected chi connectivity index (χ0v) is 16.3. The van der Waals surface area contributed by atoms with E-state index in [1.54, 1.807) is 16.7 Å². The van der Waals surface area contributed by atoms with Crippen molar-refractivity contribution in [3.63, 3.8) is 0 Å².